The lowest BCUT2D eigenvalue weighted by atomic mass is 10.3. The molecule has 1 aromatic carbocycles. The molecule has 17 heavy (non-hydrogen) atoms. The largest absolute Gasteiger partial charge is 0.508 e. The first-order valence-electron chi connectivity index (χ1n) is 5.29. The van der Waals surface area contributed by atoms with Crippen LogP contribution in [0.1, 0.15) is 5.69 Å². The maximum atomic E-state index is 9.26. The second-order valence-corrected chi connectivity index (χ2v) is 3.55. The number of benzene rings is 1. The highest BCUT2D eigenvalue weighted by Gasteiger charge is 2.01. The van der Waals surface area contributed by atoms with Gasteiger partial charge in [-0.15, -0.1) is 5.10 Å². The number of hydrogen-bond donors (Lipinski definition) is 2. The van der Waals surface area contributed by atoms with Crippen molar-refractivity contribution in [2.24, 2.45) is 5.73 Å². The van der Waals surface area contributed by atoms with Gasteiger partial charge in [0.25, 0.3) is 0 Å². The fourth-order valence-corrected chi connectivity index (χ4v) is 1.38. The fraction of sp³-hybridized carbons (Fsp3) is 0.273. The van der Waals surface area contributed by atoms with Crippen molar-refractivity contribution < 1.29 is 9.84 Å². The summed E-state index contributed by atoms with van der Waals surface area (Å²) in [5.74, 6) is 0.771. The summed E-state index contributed by atoms with van der Waals surface area (Å²) in [6.45, 7) is 1.48. The van der Waals surface area contributed by atoms with Gasteiger partial charge in [-0.1, -0.05) is 11.3 Å². The minimum atomic E-state index is 0.175. The Labute approximate surface area is 98.6 Å². The second kappa shape index (κ2) is 5.31. The number of phenols is 1. The number of nitrogens with two attached hydrogens (primary N) is 1. The van der Waals surface area contributed by atoms with E-state index in [1.807, 2.05) is 0 Å². The number of phenolic OH excluding ortho intramolecular Hbond substituents is 1. The SMILES string of the molecule is NCCn1cc(COc2cccc(O)c2)nn1. The number of nitrogens with zero attached hydrogens (tertiary/aromatic N) is 3. The molecule has 0 bridgehead atoms. The molecule has 0 atom stereocenters. The summed E-state index contributed by atoms with van der Waals surface area (Å²) in [4.78, 5) is 0. The molecular formula is C11H14N4O2. The van der Waals surface area contributed by atoms with Crippen LogP contribution in [0.15, 0.2) is 30.5 Å². The topological polar surface area (TPSA) is 86.2 Å². The van der Waals surface area contributed by atoms with Crippen molar-refractivity contribution >= 4 is 0 Å². The van der Waals surface area contributed by atoms with E-state index in [-0.39, 0.29) is 5.75 Å². The van der Waals surface area contributed by atoms with Gasteiger partial charge < -0.3 is 15.6 Å². The Morgan fingerprint density at radius 2 is 2.29 bits per heavy atom. The third kappa shape index (κ3) is 3.18. The van der Waals surface area contributed by atoms with E-state index in [0.717, 1.165) is 5.69 Å². The number of ether oxygens (including phenoxy) is 1. The normalized spacial score (nSPS) is 10.4. The van der Waals surface area contributed by atoms with Gasteiger partial charge in [0, 0.05) is 12.6 Å². The zero-order chi connectivity index (χ0) is 12.1. The smallest absolute Gasteiger partial charge is 0.134 e. The first-order chi connectivity index (χ1) is 8.28. The Kier molecular flexibility index (Phi) is 3.56. The summed E-state index contributed by atoms with van der Waals surface area (Å²) in [5, 5.41) is 17.1. The number of rotatable bonds is 5. The quantitative estimate of drug-likeness (QED) is 0.787. The molecule has 0 radical (unpaired) electrons. The Balaban J connectivity index is 1.93. The van der Waals surface area contributed by atoms with E-state index in [0.29, 0.717) is 25.4 Å². The third-order valence-corrected chi connectivity index (χ3v) is 2.15. The van der Waals surface area contributed by atoms with Crippen molar-refractivity contribution in [3.8, 4) is 11.5 Å². The molecule has 0 saturated heterocycles. The molecule has 0 aliphatic rings. The van der Waals surface area contributed by atoms with Crippen LogP contribution in [0.5, 0.6) is 11.5 Å². The van der Waals surface area contributed by atoms with Crippen LogP contribution in [0.25, 0.3) is 0 Å². The summed E-state index contributed by atoms with van der Waals surface area (Å²) in [6.07, 6.45) is 1.79. The molecule has 6 nitrogen and oxygen atoms in total. The number of aromatic hydroxyl groups is 1. The van der Waals surface area contributed by atoms with Gasteiger partial charge in [0.1, 0.15) is 23.8 Å². The lowest BCUT2D eigenvalue weighted by Crippen LogP contribution is -2.10. The van der Waals surface area contributed by atoms with Crippen molar-refractivity contribution in [3.63, 3.8) is 0 Å². The Hall–Kier alpha value is -2.08. The van der Waals surface area contributed by atoms with Gasteiger partial charge in [0.15, 0.2) is 0 Å². The summed E-state index contributed by atoms with van der Waals surface area (Å²) < 4.78 is 7.13. The summed E-state index contributed by atoms with van der Waals surface area (Å²) >= 11 is 0. The van der Waals surface area contributed by atoms with Crippen LogP contribution in [0.4, 0.5) is 0 Å². The zero-order valence-corrected chi connectivity index (χ0v) is 9.28. The molecule has 0 saturated carbocycles. The van der Waals surface area contributed by atoms with Crippen LogP contribution in [-0.2, 0) is 13.2 Å². The van der Waals surface area contributed by atoms with E-state index in [1.54, 1.807) is 35.1 Å². The average Bonchev–Trinajstić information content (AvgIpc) is 2.75. The summed E-state index contributed by atoms with van der Waals surface area (Å²) in [6, 6.07) is 6.62. The van der Waals surface area contributed by atoms with Crippen molar-refractivity contribution in [1.29, 1.82) is 0 Å². The Bertz CT molecular complexity index is 484. The van der Waals surface area contributed by atoms with E-state index in [9.17, 15) is 5.11 Å². The molecule has 6 heteroatoms. The van der Waals surface area contributed by atoms with Crippen LogP contribution < -0.4 is 10.5 Å². The van der Waals surface area contributed by atoms with Crippen LogP contribution >= 0.6 is 0 Å². The van der Waals surface area contributed by atoms with Gasteiger partial charge in [-0.2, -0.15) is 0 Å². The minimum Gasteiger partial charge on any atom is -0.508 e. The fourth-order valence-electron chi connectivity index (χ4n) is 1.38. The first-order valence-corrected chi connectivity index (χ1v) is 5.29. The highest BCUT2D eigenvalue weighted by Crippen LogP contribution is 2.18. The van der Waals surface area contributed by atoms with Gasteiger partial charge in [0.2, 0.25) is 0 Å². The van der Waals surface area contributed by atoms with Gasteiger partial charge in [-0.3, -0.25) is 4.68 Å². The molecule has 2 aromatic rings. The van der Waals surface area contributed by atoms with E-state index in [1.165, 1.54) is 0 Å². The molecule has 2 rings (SSSR count). The Morgan fingerprint density at radius 3 is 3.06 bits per heavy atom. The van der Waals surface area contributed by atoms with Crippen molar-refractivity contribution in [2.45, 2.75) is 13.2 Å². The van der Waals surface area contributed by atoms with Crippen LogP contribution in [-0.4, -0.2) is 26.6 Å². The highest BCUT2D eigenvalue weighted by atomic mass is 16.5. The maximum absolute atomic E-state index is 9.26. The second-order valence-electron chi connectivity index (χ2n) is 3.55. The molecule has 0 unspecified atom stereocenters. The third-order valence-electron chi connectivity index (χ3n) is 2.15. The van der Waals surface area contributed by atoms with Crippen LogP contribution in [0.2, 0.25) is 0 Å². The molecule has 0 aliphatic carbocycles. The molecule has 0 fully saturated rings. The van der Waals surface area contributed by atoms with E-state index in [4.69, 9.17) is 10.5 Å². The van der Waals surface area contributed by atoms with Crippen molar-refractivity contribution in [3.05, 3.63) is 36.2 Å². The van der Waals surface area contributed by atoms with Gasteiger partial charge in [-0.05, 0) is 12.1 Å². The number of hydrogen-bond acceptors (Lipinski definition) is 5. The average molecular weight is 234 g/mol. The van der Waals surface area contributed by atoms with Gasteiger partial charge in [0.05, 0.1) is 12.7 Å². The molecule has 1 heterocycles. The maximum Gasteiger partial charge on any atom is 0.134 e. The van der Waals surface area contributed by atoms with Crippen molar-refractivity contribution in [1.82, 2.24) is 15.0 Å². The number of aromatic nitrogens is 3. The lowest BCUT2D eigenvalue weighted by Gasteiger charge is -2.03. The van der Waals surface area contributed by atoms with Crippen molar-refractivity contribution in [2.75, 3.05) is 6.54 Å². The predicted molar refractivity (Wildman–Crippen MR) is 61.5 cm³/mol. The molecule has 1 aromatic heterocycles. The zero-order valence-electron chi connectivity index (χ0n) is 9.28. The molecule has 0 aliphatic heterocycles. The lowest BCUT2D eigenvalue weighted by molar-refractivity contribution is 0.299. The molecule has 0 spiro atoms. The predicted octanol–water partition coefficient (Wildman–Crippen LogP) is 0.521. The molecule has 90 valence electrons. The Morgan fingerprint density at radius 1 is 1.41 bits per heavy atom. The molecular weight excluding hydrogens is 220 g/mol. The highest BCUT2D eigenvalue weighted by molar-refractivity contribution is 5.31. The minimum absolute atomic E-state index is 0.175. The summed E-state index contributed by atoms with van der Waals surface area (Å²) in [7, 11) is 0. The van der Waals surface area contributed by atoms with Gasteiger partial charge in [-0.25, -0.2) is 0 Å². The van der Waals surface area contributed by atoms with Crippen LogP contribution in [0, 0.1) is 0 Å². The van der Waals surface area contributed by atoms with E-state index in [2.05, 4.69) is 10.3 Å². The monoisotopic (exact) mass is 234 g/mol. The molecule has 0 amide bonds. The standard InChI is InChI=1S/C11H14N4O2/c12-4-5-15-7-9(13-14-15)8-17-11-3-1-2-10(16)6-11/h1-3,6-7,16H,4-5,8,12H2. The van der Waals surface area contributed by atoms with E-state index >= 15 is 0 Å². The molecule has 3 N–H and O–H groups in total. The van der Waals surface area contributed by atoms with Crippen LogP contribution in [0.3, 0.4) is 0 Å². The summed E-state index contributed by atoms with van der Waals surface area (Å²) in [5.41, 5.74) is 6.13. The van der Waals surface area contributed by atoms with Gasteiger partial charge >= 0.3 is 0 Å². The van der Waals surface area contributed by atoms with E-state index < -0.39 is 0 Å². The first kappa shape index (κ1) is 11.4.